The van der Waals surface area contributed by atoms with Crippen molar-refractivity contribution in [3.63, 3.8) is 0 Å². The van der Waals surface area contributed by atoms with E-state index in [1.807, 2.05) is 18.2 Å². The second kappa shape index (κ2) is 7.93. The fourth-order valence-corrected chi connectivity index (χ4v) is 2.02. The normalized spacial score (nSPS) is 9.87. The van der Waals surface area contributed by atoms with Gasteiger partial charge in [0.1, 0.15) is 5.75 Å². The first-order valence-electron chi connectivity index (χ1n) is 6.95. The van der Waals surface area contributed by atoms with E-state index in [9.17, 15) is 4.79 Å². The maximum absolute atomic E-state index is 12.0. The lowest BCUT2D eigenvalue weighted by atomic mass is 10.2. The molecule has 0 heterocycles. The molecule has 2 aromatic rings. The van der Waals surface area contributed by atoms with Gasteiger partial charge in [-0.25, -0.2) is 0 Å². The third-order valence-electron chi connectivity index (χ3n) is 3.06. The average molecular weight is 317 g/mol. The summed E-state index contributed by atoms with van der Waals surface area (Å²) in [4.78, 5) is 12.0. The van der Waals surface area contributed by atoms with Crippen molar-refractivity contribution in [2.45, 2.75) is 0 Å². The molecule has 1 N–H and O–H groups in total. The van der Waals surface area contributed by atoms with Crippen LogP contribution < -0.4 is 24.3 Å². The molecule has 23 heavy (non-hydrogen) atoms. The van der Waals surface area contributed by atoms with Gasteiger partial charge in [0.05, 0.1) is 21.3 Å². The monoisotopic (exact) mass is 317 g/mol. The molecule has 0 spiro atoms. The Morgan fingerprint density at radius 3 is 2.09 bits per heavy atom. The molecule has 0 aliphatic heterocycles. The van der Waals surface area contributed by atoms with Crippen LogP contribution >= 0.6 is 0 Å². The molecule has 122 valence electrons. The Hall–Kier alpha value is -2.89. The standard InChI is InChI=1S/C17H19NO5/c1-20-14-9-12(10-15(21-2)17(14)22-3)18-16(19)11-23-13-7-5-4-6-8-13/h4-10H,11H2,1-3H3,(H,18,19). The van der Waals surface area contributed by atoms with Crippen molar-refractivity contribution in [1.82, 2.24) is 0 Å². The van der Waals surface area contributed by atoms with Crippen LogP contribution in [0.15, 0.2) is 42.5 Å². The highest BCUT2D eigenvalue weighted by Crippen LogP contribution is 2.39. The molecule has 0 saturated carbocycles. The first kappa shape index (κ1) is 16.5. The summed E-state index contributed by atoms with van der Waals surface area (Å²) >= 11 is 0. The van der Waals surface area contributed by atoms with Crippen molar-refractivity contribution in [2.24, 2.45) is 0 Å². The highest BCUT2D eigenvalue weighted by molar-refractivity contribution is 5.92. The molecule has 2 rings (SSSR count). The number of carbonyl (C=O) groups excluding carboxylic acids is 1. The Labute approximate surface area is 134 Å². The molecule has 1 amide bonds. The molecule has 0 aliphatic rings. The Morgan fingerprint density at radius 1 is 0.957 bits per heavy atom. The summed E-state index contributed by atoms with van der Waals surface area (Å²) in [6.45, 7) is -0.0966. The third kappa shape index (κ3) is 4.29. The molecule has 0 saturated heterocycles. The van der Waals surface area contributed by atoms with Gasteiger partial charge in [0.2, 0.25) is 5.75 Å². The van der Waals surface area contributed by atoms with Gasteiger partial charge in [0.25, 0.3) is 5.91 Å². The number of amides is 1. The number of methoxy groups -OCH3 is 3. The molecule has 2 aromatic carbocycles. The minimum Gasteiger partial charge on any atom is -0.493 e. The van der Waals surface area contributed by atoms with Crippen molar-refractivity contribution < 1.29 is 23.7 Å². The van der Waals surface area contributed by atoms with Gasteiger partial charge >= 0.3 is 0 Å². The molecule has 0 bridgehead atoms. The summed E-state index contributed by atoms with van der Waals surface area (Å²) in [7, 11) is 4.55. The smallest absolute Gasteiger partial charge is 0.262 e. The maximum atomic E-state index is 12.0. The van der Waals surface area contributed by atoms with E-state index in [-0.39, 0.29) is 12.5 Å². The predicted octanol–water partition coefficient (Wildman–Crippen LogP) is 2.73. The van der Waals surface area contributed by atoms with E-state index in [0.29, 0.717) is 28.7 Å². The molecular formula is C17H19NO5. The molecule has 0 radical (unpaired) electrons. The molecule has 6 heteroatoms. The van der Waals surface area contributed by atoms with Crippen LogP contribution in [-0.2, 0) is 4.79 Å². The van der Waals surface area contributed by atoms with Crippen LogP contribution in [0.5, 0.6) is 23.0 Å². The van der Waals surface area contributed by atoms with Crippen LogP contribution in [0.1, 0.15) is 0 Å². The number of para-hydroxylation sites is 1. The summed E-state index contributed by atoms with van der Waals surface area (Å²) in [5.41, 5.74) is 0.529. The number of hydrogen-bond donors (Lipinski definition) is 1. The molecule has 6 nitrogen and oxygen atoms in total. The Kier molecular flexibility index (Phi) is 5.68. The Balaban J connectivity index is 2.05. The third-order valence-corrected chi connectivity index (χ3v) is 3.06. The van der Waals surface area contributed by atoms with Crippen molar-refractivity contribution in [1.29, 1.82) is 0 Å². The summed E-state index contributed by atoms with van der Waals surface area (Å²) in [6.07, 6.45) is 0. The van der Waals surface area contributed by atoms with Gasteiger partial charge in [0.15, 0.2) is 18.1 Å². The zero-order valence-electron chi connectivity index (χ0n) is 13.3. The number of nitrogens with one attached hydrogen (secondary N) is 1. The topological polar surface area (TPSA) is 66.0 Å². The number of carbonyl (C=O) groups is 1. The number of benzene rings is 2. The van der Waals surface area contributed by atoms with Crippen molar-refractivity contribution in [3.8, 4) is 23.0 Å². The Bertz CT molecular complexity index is 632. The van der Waals surface area contributed by atoms with Crippen LogP contribution in [-0.4, -0.2) is 33.8 Å². The number of hydrogen-bond acceptors (Lipinski definition) is 5. The highest BCUT2D eigenvalue weighted by Gasteiger charge is 2.14. The fourth-order valence-electron chi connectivity index (χ4n) is 2.02. The van der Waals surface area contributed by atoms with Gasteiger partial charge < -0.3 is 24.3 Å². The molecule has 0 fully saturated rings. The van der Waals surface area contributed by atoms with Crippen LogP contribution in [0.25, 0.3) is 0 Å². The molecule has 0 unspecified atom stereocenters. The largest absolute Gasteiger partial charge is 0.493 e. The predicted molar refractivity (Wildman–Crippen MR) is 86.7 cm³/mol. The number of rotatable bonds is 7. The van der Waals surface area contributed by atoms with Crippen molar-refractivity contribution in [3.05, 3.63) is 42.5 Å². The van der Waals surface area contributed by atoms with Gasteiger partial charge in [-0.2, -0.15) is 0 Å². The quantitative estimate of drug-likeness (QED) is 0.850. The second-order valence-corrected chi connectivity index (χ2v) is 4.56. The molecule has 0 atom stereocenters. The lowest BCUT2D eigenvalue weighted by Gasteiger charge is -2.14. The zero-order chi connectivity index (χ0) is 16.7. The number of ether oxygens (including phenoxy) is 4. The summed E-state index contributed by atoms with van der Waals surface area (Å²) in [6, 6.07) is 12.4. The van der Waals surface area contributed by atoms with Crippen molar-refractivity contribution in [2.75, 3.05) is 33.3 Å². The van der Waals surface area contributed by atoms with E-state index in [2.05, 4.69) is 5.32 Å². The number of anilines is 1. The zero-order valence-corrected chi connectivity index (χ0v) is 13.3. The minimum atomic E-state index is -0.289. The van der Waals surface area contributed by atoms with E-state index in [0.717, 1.165) is 0 Å². The summed E-state index contributed by atoms with van der Waals surface area (Å²) in [5.74, 6) is 1.74. The van der Waals surface area contributed by atoms with Crippen LogP contribution in [0.3, 0.4) is 0 Å². The Morgan fingerprint density at radius 2 is 1.57 bits per heavy atom. The molecule has 0 aliphatic carbocycles. The lowest BCUT2D eigenvalue weighted by Crippen LogP contribution is -2.20. The van der Waals surface area contributed by atoms with E-state index in [1.54, 1.807) is 24.3 Å². The molecular weight excluding hydrogens is 298 g/mol. The van der Waals surface area contributed by atoms with Gasteiger partial charge in [-0.3, -0.25) is 4.79 Å². The maximum Gasteiger partial charge on any atom is 0.262 e. The van der Waals surface area contributed by atoms with Crippen LogP contribution in [0, 0.1) is 0 Å². The summed E-state index contributed by atoms with van der Waals surface area (Å²) in [5, 5.41) is 2.73. The second-order valence-electron chi connectivity index (χ2n) is 4.56. The SMILES string of the molecule is COc1cc(NC(=O)COc2ccccc2)cc(OC)c1OC. The molecule has 0 aromatic heterocycles. The van der Waals surface area contributed by atoms with Gasteiger partial charge in [-0.15, -0.1) is 0 Å². The summed E-state index contributed by atoms with van der Waals surface area (Å²) < 4.78 is 21.1. The first-order chi connectivity index (χ1) is 11.2. The van der Waals surface area contributed by atoms with Gasteiger partial charge in [-0.1, -0.05) is 18.2 Å². The van der Waals surface area contributed by atoms with E-state index < -0.39 is 0 Å². The minimum absolute atomic E-state index is 0.0966. The first-order valence-corrected chi connectivity index (χ1v) is 6.95. The van der Waals surface area contributed by atoms with Crippen molar-refractivity contribution >= 4 is 11.6 Å². The van der Waals surface area contributed by atoms with Gasteiger partial charge in [0, 0.05) is 17.8 Å². The fraction of sp³-hybridized carbons (Fsp3) is 0.235. The van der Waals surface area contributed by atoms with E-state index >= 15 is 0 Å². The van der Waals surface area contributed by atoms with Crippen LogP contribution in [0.4, 0.5) is 5.69 Å². The van der Waals surface area contributed by atoms with E-state index in [4.69, 9.17) is 18.9 Å². The lowest BCUT2D eigenvalue weighted by molar-refractivity contribution is -0.118. The van der Waals surface area contributed by atoms with E-state index in [1.165, 1.54) is 21.3 Å². The highest BCUT2D eigenvalue weighted by atomic mass is 16.5. The average Bonchev–Trinajstić information content (AvgIpc) is 2.59. The van der Waals surface area contributed by atoms with Crippen LogP contribution in [0.2, 0.25) is 0 Å². The van der Waals surface area contributed by atoms with Gasteiger partial charge in [-0.05, 0) is 12.1 Å².